The molecule has 0 spiro atoms. The molecule has 2 saturated heterocycles. The summed E-state index contributed by atoms with van der Waals surface area (Å²) in [6.07, 6.45) is 5.79. The van der Waals surface area contributed by atoms with Crippen molar-refractivity contribution in [1.82, 2.24) is 20.0 Å². The first-order valence-electron chi connectivity index (χ1n) is 15.2. The summed E-state index contributed by atoms with van der Waals surface area (Å²) in [6.45, 7) is 18.8. The largest absolute Gasteiger partial charge is 0.461 e. The molecule has 228 valence electrons. The van der Waals surface area contributed by atoms with Crippen LogP contribution in [0.3, 0.4) is 0 Å². The molecule has 4 atom stereocenters. The number of rotatable bonds is 11. The lowest BCUT2D eigenvalue weighted by molar-refractivity contribution is -0.155. The van der Waals surface area contributed by atoms with Gasteiger partial charge in [-0.05, 0) is 78.7 Å². The summed E-state index contributed by atoms with van der Waals surface area (Å²) < 4.78 is 5.38. The molecular weight excluding hydrogens is 508 g/mol. The van der Waals surface area contributed by atoms with Crippen LogP contribution in [0.2, 0.25) is 0 Å². The first kappa shape index (κ1) is 33.8. The quantitative estimate of drug-likeness (QED) is 0.304. The van der Waals surface area contributed by atoms with E-state index in [1.807, 2.05) is 33.8 Å². The number of amides is 3. The van der Waals surface area contributed by atoms with Gasteiger partial charge >= 0.3 is 5.97 Å². The molecule has 1 N–H and O–H groups in total. The summed E-state index contributed by atoms with van der Waals surface area (Å²) in [5.41, 5.74) is 0.488. The van der Waals surface area contributed by atoms with Gasteiger partial charge in [0, 0.05) is 25.2 Å². The zero-order valence-electron chi connectivity index (χ0n) is 26.5. The normalized spacial score (nSPS) is 22.1. The second-order valence-electron chi connectivity index (χ2n) is 12.7. The smallest absolute Gasteiger partial charge is 0.329 e. The average molecular weight is 563 g/mol. The first-order valence-corrected chi connectivity index (χ1v) is 15.2. The van der Waals surface area contributed by atoms with E-state index in [9.17, 15) is 19.2 Å². The van der Waals surface area contributed by atoms with Crippen LogP contribution in [0.25, 0.3) is 0 Å². The fraction of sp³-hybridized carbons (Fsp3) is 0.806. The van der Waals surface area contributed by atoms with Crippen LogP contribution in [0.5, 0.6) is 0 Å². The Hall–Kier alpha value is -2.42. The Bertz CT molecular complexity index is 929. The van der Waals surface area contributed by atoms with Crippen molar-refractivity contribution in [2.24, 2.45) is 11.8 Å². The number of hydrogen-bond acceptors (Lipinski definition) is 6. The fourth-order valence-electron chi connectivity index (χ4n) is 5.85. The molecule has 0 bridgehead atoms. The topological polar surface area (TPSA) is 99.3 Å². The summed E-state index contributed by atoms with van der Waals surface area (Å²) in [4.78, 5) is 58.7. The number of hydrogen-bond donors (Lipinski definition) is 1. The van der Waals surface area contributed by atoms with Gasteiger partial charge in [0.2, 0.25) is 17.7 Å². The Kier molecular flexibility index (Phi) is 12.7. The maximum Gasteiger partial charge on any atom is 0.329 e. The molecule has 2 aliphatic rings. The van der Waals surface area contributed by atoms with Gasteiger partial charge in [0.25, 0.3) is 0 Å². The van der Waals surface area contributed by atoms with E-state index in [0.29, 0.717) is 18.5 Å². The highest BCUT2D eigenvalue weighted by Gasteiger charge is 2.38. The zero-order valence-corrected chi connectivity index (χ0v) is 26.5. The van der Waals surface area contributed by atoms with Gasteiger partial charge in [0.1, 0.15) is 12.1 Å². The van der Waals surface area contributed by atoms with Gasteiger partial charge in [-0.15, -0.1) is 0 Å². The number of likely N-dealkylation sites (tertiary alicyclic amines) is 2. The van der Waals surface area contributed by atoms with Crippen molar-refractivity contribution < 1.29 is 23.9 Å². The van der Waals surface area contributed by atoms with E-state index in [2.05, 4.69) is 24.1 Å². The monoisotopic (exact) mass is 562 g/mol. The predicted octanol–water partition coefficient (Wildman–Crippen LogP) is 3.76. The van der Waals surface area contributed by atoms with Gasteiger partial charge in [-0.2, -0.15) is 0 Å². The molecule has 2 heterocycles. The van der Waals surface area contributed by atoms with Crippen molar-refractivity contribution in [3.63, 3.8) is 0 Å². The number of nitrogens with one attached hydrogen (secondary N) is 1. The van der Waals surface area contributed by atoms with E-state index < -0.39 is 12.1 Å². The minimum Gasteiger partial charge on any atom is -0.461 e. The van der Waals surface area contributed by atoms with Gasteiger partial charge in [-0.3, -0.25) is 19.3 Å². The molecular formula is C31H54N4O5. The minimum absolute atomic E-state index is 0.0234. The van der Waals surface area contributed by atoms with Crippen molar-refractivity contribution in [1.29, 1.82) is 0 Å². The van der Waals surface area contributed by atoms with Crippen LogP contribution in [0.15, 0.2) is 11.6 Å². The van der Waals surface area contributed by atoms with Crippen LogP contribution >= 0.6 is 0 Å². The molecule has 9 heteroatoms. The molecule has 3 amide bonds. The van der Waals surface area contributed by atoms with Crippen LogP contribution in [0.1, 0.15) is 94.4 Å². The number of carbonyl (C=O) groups is 4. The van der Waals surface area contributed by atoms with E-state index in [1.54, 1.807) is 37.6 Å². The Morgan fingerprint density at radius 1 is 0.875 bits per heavy atom. The Morgan fingerprint density at radius 3 is 2.05 bits per heavy atom. The average Bonchev–Trinajstić information content (AvgIpc) is 3.38. The van der Waals surface area contributed by atoms with Crippen molar-refractivity contribution in [3.8, 4) is 0 Å². The van der Waals surface area contributed by atoms with Crippen molar-refractivity contribution in [2.75, 3.05) is 20.1 Å². The van der Waals surface area contributed by atoms with Crippen molar-refractivity contribution in [3.05, 3.63) is 11.6 Å². The van der Waals surface area contributed by atoms with Gasteiger partial charge < -0.3 is 19.9 Å². The van der Waals surface area contributed by atoms with Gasteiger partial charge in [0.05, 0.1) is 18.2 Å². The Morgan fingerprint density at radius 2 is 1.50 bits per heavy atom. The summed E-state index contributed by atoms with van der Waals surface area (Å²) >= 11 is 0. The summed E-state index contributed by atoms with van der Waals surface area (Å²) in [7, 11) is 1.74. The highest BCUT2D eigenvalue weighted by Crippen LogP contribution is 2.24. The lowest BCUT2D eigenvalue weighted by Gasteiger charge is -2.39. The number of ether oxygens (including phenoxy) is 1. The molecule has 0 radical (unpaired) electrons. The zero-order chi connectivity index (χ0) is 30.3. The van der Waals surface area contributed by atoms with Crippen LogP contribution in [0.4, 0.5) is 0 Å². The van der Waals surface area contributed by atoms with E-state index in [1.165, 1.54) is 0 Å². The Labute approximate surface area is 242 Å². The van der Waals surface area contributed by atoms with Crippen molar-refractivity contribution in [2.45, 2.75) is 131 Å². The van der Waals surface area contributed by atoms with Gasteiger partial charge in [-0.25, -0.2) is 4.79 Å². The van der Waals surface area contributed by atoms with Crippen molar-refractivity contribution >= 4 is 23.7 Å². The second-order valence-corrected chi connectivity index (χ2v) is 12.7. The third-order valence-corrected chi connectivity index (χ3v) is 8.11. The van der Waals surface area contributed by atoms with Crippen LogP contribution < -0.4 is 5.32 Å². The van der Waals surface area contributed by atoms with E-state index >= 15 is 0 Å². The van der Waals surface area contributed by atoms with Gasteiger partial charge in [-0.1, -0.05) is 40.2 Å². The Balaban J connectivity index is 2.21. The number of likely N-dealkylation sites (N-methyl/N-ethyl adjacent to an activating group) is 1. The maximum absolute atomic E-state index is 13.8. The molecule has 0 aromatic carbocycles. The predicted molar refractivity (Wildman–Crippen MR) is 157 cm³/mol. The lowest BCUT2D eigenvalue weighted by atomic mass is 9.95. The van der Waals surface area contributed by atoms with E-state index in [4.69, 9.17) is 4.74 Å². The summed E-state index contributed by atoms with van der Waals surface area (Å²) in [5.74, 6) is -0.933. The molecule has 0 aromatic rings. The summed E-state index contributed by atoms with van der Waals surface area (Å²) in [5, 5.41) is 3.08. The second kappa shape index (κ2) is 15.0. The molecule has 2 rings (SSSR count). The summed E-state index contributed by atoms with van der Waals surface area (Å²) in [6, 6.07) is -1.59. The van der Waals surface area contributed by atoms with Crippen LogP contribution in [-0.2, 0) is 23.9 Å². The third kappa shape index (κ3) is 8.54. The van der Waals surface area contributed by atoms with E-state index in [-0.39, 0.29) is 59.8 Å². The minimum atomic E-state index is -0.673. The molecule has 9 nitrogen and oxygen atoms in total. The molecule has 1 unspecified atom stereocenters. The molecule has 2 fully saturated rings. The molecule has 2 aliphatic heterocycles. The lowest BCUT2D eigenvalue weighted by Crippen LogP contribution is -2.58. The number of esters is 1. The molecule has 0 aromatic heterocycles. The first-order chi connectivity index (χ1) is 18.7. The number of carbonyl (C=O) groups excluding carboxylic acids is 4. The van der Waals surface area contributed by atoms with E-state index in [0.717, 1.165) is 32.2 Å². The van der Waals surface area contributed by atoms with Gasteiger partial charge in [0.15, 0.2) is 0 Å². The fourth-order valence-corrected chi connectivity index (χ4v) is 5.85. The number of nitrogens with zero attached hydrogens (tertiary/aromatic N) is 3. The SMILES string of the molecule is C/C(=C\[C@H](C(C)C)N(C)C(=O)[C@@H](NC(=O)C1CCCCN1C(C)C)C(C)C)C(=O)N1CCC[C@H]1C(=O)OC(C)C. The highest BCUT2D eigenvalue weighted by atomic mass is 16.5. The van der Waals surface area contributed by atoms with Crippen LogP contribution in [-0.4, -0.2) is 94.8 Å². The number of piperidine rings is 1. The van der Waals surface area contributed by atoms with Crippen LogP contribution in [0, 0.1) is 11.8 Å². The molecule has 40 heavy (non-hydrogen) atoms. The highest BCUT2D eigenvalue weighted by molar-refractivity contribution is 5.96. The molecule has 0 aliphatic carbocycles. The molecule has 0 saturated carbocycles. The third-order valence-electron chi connectivity index (χ3n) is 8.11. The standard InChI is InChI=1S/C31H54N4O5/c1-19(2)26(18-23(9)29(37)35-17-13-15-25(35)31(39)40-22(7)8)33(10)30(38)27(20(3)4)32-28(36)24-14-11-12-16-34(24)21(5)6/h18-22,24-27H,11-17H2,1-10H3,(H,32,36)/b23-18+/t24?,25-,26+,27-/m0/s1. The maximum atomic E-state index is 13.8.